The Hall–Kier alpha value is -1.32. The van der Waals surface area contributed by atoms with Gasteiger partial charge in [-0.05, 0) is 26.0 Å². The van der Waals surface area contributed by atoms with Gasteiger partial charge in [-0.15, -0.1) is 0 Å². The van der Waals surface area contributed by atoms with Gasteiger partial charge in [0, 0.05) is 25.4 Å². The Morgan fingerprint density at radius 3 is 2.43 bits per heavy atom. The largest absolute Gasteiger partial charge is 0.319 e. The summed E-state index contributed by atoms with van der Waals surface area (Å²) in [5.41, 5.74) is 3.38. The first kappa shape index (κ1) is 16.1. The molecule has 1 aromatic heterocycles. The molecule has 0 aliphatic carbocycles. The lowest BCUT2D eigenvalue weighted by Gasteiger charge is -2.33. The van der Waals surface area contributed by atoms with E-state index >= 15 is 0 Å². The molecular formula is C17H24ClN3. The Labute approximate surface area is 132 Å². The van der Waals surface area contributed by atoms with Crippen molar-refractivity contribution >= 4 is 11.6 Å². The van der Waals surface area contributed by atoms with E-state index in [1.54, 1.807) is 0 Å². The molecule has 0 bridgehead atoms. The number of aryl methyl sites for hydroxylation is 2. The molecule has 4 heteroatoms. The monoisotopic (exact) mass is 305 g/mol. The zero-order valence-corrected chi connectivity index (χ0v) is 14.0. The molecule has 3 nitrogen and oxygen atoms in total. The predicted molar refractivity (Wildman–Crippen MR) is 89.0 cm³/mol. The Morgan fingerprint density at radius 1 is 1.29 bits per heavy atom. The average Bonchev–Trinajstić information content (AvgIpc) is 2.73. The van der Waals surface area contributed by atoms with Gasteiger partial charge >= 0.3 is 0 Å². The second kappa shape index (κ2) is 6.63. The molecular weight excluding hydrogens is 282 g/mol. The quantitative estimate of drug-likeness (QED) is 0.885. The van der Waals surface area contributed by atoms with E-state index in [-0.39, 0.29) is 5.41 Å². The van der Waals surface area contributed by atoms with E-state index in [4.69, 9.17) is 11.6 Å². The molecule has 2 aromatic rings. The van der Waals surface area contributed by atoms with Crippen molar-refractivity contribution in [2.24, 2.45) is 7.05 Å². The van der Waals surface area contributed by atoms with Crippen LogP contribution < -0.4 is 5.32 Å². The highest BCUT2D eigenvalue weighted by atomic mass is 35.5. The molecule has 1 N–H and O–H groups in total. The normalized spacial score (nSPS) is 14.1. The molecule has 0 amide bonds. The lowest BCUT2D eigenvalue weighted by molar-refractivity contribution is 0.381. The standard InChI is InChI=1S/C17H24ClN3/c1-5-17(12-19-3,14-9-7-6-8-10-14)11-15-16(18)13(2)20-21(15)4/h6-10,19H,5,11-12H2,1-4H3. The summed E-state index contributed by atoms with van der Waals surface area (Å²) in [6.45, 7) is 5.11. The minimum Gasteiger partial charge on any atom is -0.319 e. The van der Waals surface area contributed by atoms with Crippen LogP contribution in [0.3, 0.4) is 0 Å². The SMILES string of the molecule is CCC(CNC)(Cc1c(Cl)c(C)nn1C)c1ccccc1. The first-order valence-electron chi connectivity index (χ1n) is 7.42. The molecule has 1 heterocycles. The van der Waals surface area contributed by atoms with Crippen LogP contribution in [-0.2, 0) is 18.9 Å². The van der Waals surface area contributed by atoms with E-state index in [2.05, 4.69) is 47.7 Å². The van der Waals surface area contributed by atoms with Gasteiger partial charge in [-0.3, -0.25) is 4.68 Å². The van der Waals surface area contributed by atoms with Crippen molar-refractivity contribution in [1.82, 2.24) is 15.1 Å². The first-order chi connectivity index (χ1) is 10.0. The molecule has 0 spiro atoms. The van der Waals surface area contributed by atoms with Crippen molar-refractivity contribution < 1.29 is 0 Å². The third-order valence-electron chi connectivity index (χ3n) is 4.35. The topological polar surface area (TPSA) is 29.9 Å². The number of nitrogens with one attached hydrogen (secondary N) is 1. The second-order valence-corrected chi connectivity index (χ2v) is 6.05. The van der Waals surface area contributed by atoms with Gasteiger partial charge in [-0.2, -0.15) is 5.10 Å². The summed E-state index contributed by atoms with van der Waals surface area (Å²) in [5.74, 6) is 0. The van der Waals surface area contributed by atoms with Crippen LogP contribution >= 0.6 is 11.6 Å². The fourth-order valence-electron chi connectivity index (χ4n) is 3.04. The van der Waals surface area contributed by atoms with E-state index in [0.29, 0.717) is 0 Å². The van der Waals surface area contributed by atoms with Crippen LogP contribution in [0.1, 0.15) is 30.3 Å². The summed E-state index contributed by atoms with van der Waals surface area (Å²) in [6.07, 6.45) is 1.92. The van der Waals surface area contributed by atoms with Crippen molar-refractivity contribution in [2.45, 2.75) is 32.1 Å². The van der Waals surface area contributed by atoms with E-state index < -0.39 is 0 Å². The first-order valence-corrected chi connectivity index (χ1v) is 7.80. The van der Waals surface area contributed by atoms with Crippen LogP contribution in [-0.4, -0.2) is 23.4 Å². The number of aromatic nitrogens is 2. The number of benzene rings is 1. The molecule has 0 saturated carbocycles. The molecule has 1 atom stereocenters. The average molecular weight is 306 g/mol. The van der Waals surface area contributed by atoms with Gasteiger partial charge in [0.05, 0.1) is 16.4 Å². The summed E-state index contributed by atoms with van der Waals surface area (Å²) in [5, 5.41) is 8.59. The number of likely N-dealkylation sites (N-methyl/N-ethyl adjacent to an activating group) is 1. The zero-order valence-electron chi connectivity index (χ0n) is 13.3. The number of hydrogen-bond donors (Lipinski definition) is 1. The molecule has 0 saturated heterocycles. The fourth-order valence-corrected chi connectivity index (χ4v) is 3.27. The summed E-state index contributed by atoms with van der Waals surface area (Å²) >= 11 is 6.46. The molecule has 1 unspecified atom stereocenters. The lowest BCUT2D eigenvalue weighted by atomic mass is 9.74. The van der Waals surface area contributed by atoms with Crippen molar-refractivity contribution in [1.29, 1.82) is 0 Å². The maximum Gasteiger partial charge on any atom is 0.0847 e. The van der Waals surface area contributed by atoms with Crippen LogP contribution in [0.15, 0.2) is 30.3 Å². The Morgan fingerprint density at radius 2 is 1.95 bits per heavy atom. The summed E-state index contributed by atoms with van der Waals surface area (Å²) in [7, 11) is 3.97. The van der Waals surface area contributed by atoms with Crippen LogP contribution in [0.4, 0.5) is 0 Å². The Balaban J connectivity index is 2.46. The minimum atomic E-state index is 0.0277. The fraction of sp³-hybridized carbons (Fsp3) is 0.471. The van der Waals surface area contributed by atoms with Crippen LogP contribution in [0, 0.1) is 6.92 Å². The van der Waals surface area contributed by atoms with Gasteiger partial charge < -0.3 is 5.32 Å². The molecule has 1 aromatic carbocycles. The van der Waals surface area contributed by atoms with Crippen LogP contribution in [0.25, 0.3) is 0 Å². The Bertz CT molecular complexity index is 592. The summed E-state index contributed by atoms with van der Waals surface area (Å²) < 4.78 is 1.92. The lowest BCUT2D eigenvalue weighted by Crippen LogP contribution is -2.39. The van der Waals surface area contributed by atoms with E-state index in [9.17, 15) is 0 Å². The molecule has 21 heavy (non-hydrogen) atoms. The minimum absolute atomic E-state index is 0.0277. The van der Waals surface area contributed by atoms with Crippen molar-refractivity contribution in [3.8, 4) is 0 Å². The zero-order chi connectivity index (χ0) is 15.5. The van der Waals surface area contributed by atoms with Crippen LogP contribution in [0.5, 0.6) is 0 Å². The number of nitrogens with zero attached hydrogens (tertiary/aromatic N) is 2. The smallest absolute Gasteiger partial charge is 0.0847 e. The third-order valence-corrected chi connectivity index (χ3v) is 4.84. The van der Waals surface area contributed by atoms with Gasteiger partial charge in [0.2, 0.25) is 0 Å². The number of halogens is 1. The highest BCUT2D eigenvalue weighted by molar-refractivity contribution is 6.31. The molecule has 2 rings (SSSR count). The van der Waals surface area contributed by atoms with Crippen molar-refractivity contribution in [2.75, 3.05) is 13.6 Å². The summed E-state index contributed by atoms with van der Waals surface area (Å²) in [4.78, 5) is 0. The summed E-state index contributed by atoms with van der Waals surface area (Å²) in [6, 6.07) is 10.7. The van der Waals surface area contributed by atoms with Gasteiger partial charge in [0.25, 0.3) is 0 Å². The van der Waals surface area contributed by atoms with E-state index in [1.807, 2.05) is 25.7 Å². The maximum atomic E-state index is 6.46. The molecule has 0 aliphatic heterocycles. The highest BCUT2D eigenvalue weighted by Gasteiger charge is 2.32. The van der Waals surface area contributed by atoms with Gasteiger partial charge in [0.15, 0.2) is 0 Å². The maximum absolute atomic E-state index is 6.46. The van der Waals surface area contributed by atoms with Crippen molar-refractivity contribution in [3.63, 3.8) is 0 Å². The van der Waals surface area contributed by atoms with Crippen molar-refractivity contribution in [3.05, 3.63) is 52.3 Å². The molecule has 0 fully saturated rings. The van der Waals surface area contributed by atoms with Gasteiger partial charge in [-0.1, -0.05) is 48.9 Å². The predicted octanol–water partition coefficient (Wildman–Crippen LogP) is 3.49. The van der Waals surface area contributed by atoms with Gasteiger partial charge in [0.1, 0.15) is 0 Å². The highest BCUT2D eigenvalue weighted by Crippen LogP contribution is 2.34. The number of hydrogen-bond acceptors (Lipinski definition) is 2. The third kappa shape index (κ3) is 3.14. The molecule has 0 aliphatic rings. The number of rotatable bonds is 6. The Kier molecular flexibility index (Phi) is 5.07. The van der Waals surface area contributed by atoms with E-state index in [0.717, 1.165) is 35.8 Å². The second-order valence-electron chi connectivity index (χ2n) is 5.68. The van der Waals surface area contributed by atoms with E-state index in [1.165, 1.54) is 5.56 Å². The molecule has 114 valence electrons. The van der Waals surface area contributed by atoms with Crippen LogP contribution in [0.2, 0.25) is 5.02 Å². The van der Waals surface area contributed by atoms with Gasteiger partial charge in [-0.25, -0.2) is 0 Å². The molecule has 0 radical (unpaired) electrons.